The van der Waals surface area contributed by atoms with Crippen LogP contribution >= 0.6 is 11.8 Å². The Bertz CT molecular complexity index is 221. The maximum atomic E-state index is 11.4. The fraction of sp³-hybridized carbons (Fsp3) is 0.778. The first kappa shape index (κ1) is 11.4. The lowest BCUT2D eigenvalue weighted by Gasteiger charge is -2.08. The number of carbonyl (C=O) groups is 2. The Morgan fingerprint density at radius 1 is 1.71 bits per heavy atom. The molecule has 0 bridgehead atoms. The van der Waals surface area contributed by atoms with Crippen LogP contribution in [-0.4, -0.2) is 36.9 Å². The lowest BCUT2D eigenvalue weighted by atomic mass is 10.1. The molecule has 1 aliphatic rings. The number of thioether (sulfide) groups is 1. The molecule has 0 aromatic rings. The highest BCUT2D eigenvalue weighted by Crippen LogP contribution is 2.08. The molecule has 0 aliphatic carbocycles. The van der Waals surface area contributed by atoms with Gasteiger partial charge in [0.1, 0.15) is 0 Å². The van der Waals surface area contributed by atoms with Crippen LogP contribution in [0, 0.1) is 5.92 Å². The summed E-state index contributed by atoms with van der Waals surface area (Å²) in [6.45, 7) is 1.21. The van der Waals surface area contributed by atoms with E-state index < -0.39 is 0 Å². The SMILES string of the molecule is CSCCCNC(=O)C1CNC(=O)C1. The van der Waals surface area contributed by atoms with Gasteiger partial charge in [0, 0.05) is 19.5 Å². The number of rotatable bonds is 5. The van der Waals surface area contributed by atoms with E-state index in [0.29, 0.717) is 19.5 Å². The van der Waals surface area contributed by atoms with E-state index in [9.17, 15) is 9.59 Å². The molecule has 80 valence electrons. The highest BCUT2D eigenvalue weighted by atomic mass is 32.2. The first-order chi connectivity index (χ1) is 6.74. The molecule has 2 N–H and O–H groups in total. The van der Waals surface area contributed by atoms with Crippen molar-refractivity contribution in [3.63, 3.8) is 0 Å². The van der Waals surface area contributed by atoms with Crippen molar-refractivity contribution in [3.8, 4) is 0 Å². The van der Waals surface area contributed by atoms with Crippen molar-refractivity contribution in [2.45, 2.75) is 12.8 Å². The Morgan fingerprint density at radius 3 is 3.07 bits per heavy atom. The molecule has 0 spiro atoms. The Balaban J connectivity index is 2.12. The molecule has 1 rings (SSSR count). The van der Waals surface area contributed by atoms with Gasteiger partial charge in [0.15, 0.2) is 0 Å². The molecule has 2 amide bonds. The molecule has 0 aromatic carbocycles. The third-order valence-corrected chi connectivity index (χ3v) is 2.87. The van der Waals surface area contributed by atoms with Crippen molar-refractivity contribution in [2.75, 3.05) is 25.1 Å². The van der Waals surface area contributed by atoms with E-state index in [-0.39, 0.29) is 17.7 Å². The third kappa shape index (κ3) is 3.57. The fourth-order valence-electron chi connectivity index (χ4n) is 1.36. The molecule has 1 aliphatic heterocycles. The average Bonchev–Trinajstić information content (AvgIpc) is 2.59. The first-order valence-corrected chi connectivity index (χ1v) is 6.16. The molecule has 5 heteroatoms. The van der Waals surface area contributed by atoms with Gasteiger partial charge < -0.3 is 10.6 Å². The molecule has 1 atom stereocenters. The summed E-state index contributed by atoms with van der Waals surface area (Å²) < 4.78 is 0. The van der Waals surface area contributed by atoms with Gasteiger partial charge in [-0.15, -0.1) is 0 Å². The van der Waals surface area contributed by atoms with Crippen LogP contribution in [0.25, 0.3) is 0 Å². The Labute approximate surface area is 88.2 Å². The molecule has 4 nitrogen and oxygen atoms in total. The number of hydrogen-bond acceptors (Lipinski definition) is 3. The predicted molar refractivity (Wildman–Crippen MR) is 57.1 cm³/mol. The molecule has 1 fully saturated rings. The van der Waals surface area contributed by atoms with Crippen LogP contribution in [0.5, 0.6) is 0 Å². The van der Waals surface area contributed by atoms with Crippen LogP contribution in [0.1, 0.15) is 12.8 Å². The zero-order valence-electron chi connectivity index (χ0n) is 8.34. The van der Waals surface area contributed by atoms with Gasteiger partial charge in [0.25, 0.3) is 0 Å². The largest absolute Gasteiger partial charge is 0.356 e. The van der Waals surface area contributed by atoms with E-state index >= 15 is 0 Å². The Kier molecular flexibility index (Phi) is 4.79. The van der Waals surface area contributed by atoms with Gasteiger partial charge >= 0.3 is 0 Å². The van der Waals surface area contributed by atoms with Gasteiger partial charge in [-0.3, -0.25) is 9.59 Å². The summed E-state index contributed by atoms with van der Waals surface area (Å²) in [5, 5.41) is 5.48. The second-order valence-electron chi connectivity index (χ2n) is 3.34. The van der Waals surface area contributed by atoms with Crippen LogP contribution in [0.3, 0.4) is 0 Å². The second-order valence-corrected chi connectivity index (χ2v) is 4.33. The molecule has 0 aromatic heterocycles. The molecule has 1 unspecified atom stereocenters. The van der Waals surface area contributed by atoms with Crippen molar-refractivity contribution < 1.29 is 9.59 Å². The zero-order chi connectivity index (χ0) is 10.4. The van der Waals surface area contributed by atoms with Gasteiger partial charge in [-0.1, -0.05) is 0 Å². The summed E-state index contributed by atoms with van der Waals surface area (Å²) >= 11 is 1.77. The van der Waals surface area contributed by atoms with E-state index in [1.165, 1.54) is 0 Å². The number of amides is 2. The fourth-order valence-corrected chi connectivity index (χ4v) is 1.80. The smallest absolute Gasteiger partial charge is 0.225 e. The Morgan fingerprint density at radius 2 is 2.50 bits per heavy atom. The lowest BCUT2D eigenvalue weighted by Crippen LogP contribution is -2.32. The van der Waals surface area contributed by atoms with Crippen LogP contribution in [0.4, 0.5) is 0 Å². The first-order valence-electron chi connectivity index (χ1n) is 4.77. The highest BCUT2D eigenvalue weighted by molar-refractivity contribution is 7.98. The minimum atomic E-state index is -0.156. The minimum Gasteiger partial charge on any atom is -0.356 e. The monoisotopic (exact) mass is 216 g/mol. The number of hydrogen-bond donors (Lipinski definition) is 2. The summed E-state index contributed by atoms with van der Waals surface area (Å²) in [6.07, 6.45) is 3.37. The zero-order valence-corrected chi connectivity index (χ0v) is 9.15. The molecule has 0 radical (unpaired) electrons. The maximum absolute atomic E-state index is 11.4. The van der Waals surface area contributed by atoms with Gasteiger partial charge in [0.05, 0.1) is 5.92 Å². The average molecular weight is 216 g/mol. The van der Waals surface area contributed by atoms with Crippen molar-refractivity contribution in [1.29, 1.82) is 0 Å². The van der Waals surface area contributed by atoms with Crippen molar-refractivity contribution in [1.82, 2.24) is 10.6 Å². The van der Waals surface area contributed by atoms with E-state index in [1.54, 1.807) is 11.8 Å². The summed E-state index contributed by atoms with van der Waals surface area (Å²) in [7, 11) is 0. The van der Waals surface area contributed by atoms with E-state index in [1.807, 2.05) is 6.26 Å². The number of nitrogens with one attached hydrogen (secondary N) is 2. The van der Waals surface area contributed by atoms with Gasteiger partial charge in [-0.2, -0.15) is 11.8 Å². The van der Waals surface area contributed by atoms with E-state index in [2.05, 4.69) is 10.6 Å². The third-order valence-electron chi connectivity index (χ3n) is 2.17. The van der Waals surface area contributed by atoms with Crippen LogP contribution in [-0.2, 0) is 9.59 Å². The molecule has 1 heterocycles. The molecule has 0 saturated carbocycles. The molecule has 1 saturated heterocycles. The maximum Gasteiger partial charge on any atom is 0.225 e. The summed E-state index contributed by atoms with van der Waals surface area (Å²) in [5.74, 6) is 0.887. The standard InChI is InChI=1S/C9H16N2O2S/c1-14-4-2-3-10-9(13)7-5-8(12)11-6-7/h7H,2-6H2,1H3,(H,10,13)(H,11,12). The molecular weight excluding hydrogens is 200 g/mol. The normalized spacial score (nSPS) is 20.6. The number of carbonyl (C=O) groups excluding carboxylic acids is 2. The second kappa shape index (κ2) is 5.90. The van der Waals surface area contributed by atoms with Crippen molar-refractivity contribution in [3.05, 3.63) is 0 Å². The topological polar surface area (TPSA) is 58.2 Å². The van der Waals surface area contributed by atoms with Crippen LogP contribution in [0.2, 0.25) is 0 Å². The minimum absolute atomic E-state index is 0.00412. The predicted octanol–water partition coefficient (Wildman–Crippen LogP) is -0.00820. The summed E-state index contributed by atoms with van der Waals surface area (Å²) in [5.41, 5.74) is 0. The quantitative estimate of drug-likeness (QED) is 0.636. The van der Waals surface area contributed by atoms with E-state index in [0.717, 1.165) is 12.2 Å². The highest BCUT2D eigenvalue weighted by Gasteiger charge is 2.27. The molecular formula is C9H16N2O2S. The van der Waals surface area contributed by atoms with Crippen LogP contribution in [0.15, 0.2) is 0 Å². The van der Waals surface area contributed by atoms with Crippen LogP contribution < -0.4 is 10.6 Å². The van der Waals surface area contributed by atoms with Gasteiger partial charge in [-0.25, -0.2) is 0 Å². The van der Waals surface area contributed by atoms with Gasteiger partial charge in [0.2, 0.25) is 11.8 Å². The van der Waals surface area contributed by atoms with Crippen molar-refractivity contribution >= 4 is 23.6 Å². The van der Waals surface area contributed by atoms with Gasteiger partial charge in [-0.05, 0) is 18.4 Å². The van der Waals surface area contributed by atoms with E-state index in [4.69, 9.17) is 0 Å². The Hall–Kier alpha value is -0.710. The molecule has 14 heavy (non-hydrogen) atoms. The summed E-state index contributed by atoms with van der Waals surface area (Å²) in [4.78, 5) is 22.3. The summed E-state index contributed by atoms with van der Waals surface area (Å²) in [6, 6.07) is 0. The lowest BCUT2D eigenvalue weighted by molar-refractivity contribution is -0.126. The van der Waals surface area contributed by atoms with Crippen molar-refractivity contribution in [2.24, 2.45) is 5.92 Å².